The minimum atomic E-state index is -0.355. The highest BCUT2D eigenvalue weighted by Gasteiger charge is 2.13. The molecule has 2 rings (SSSR count). The highest BCUT2D eigenvalue weighted by Crippen LogP contribution is 2.28. The molecule has 0 fully saturated rings. The second-order valence-corrected chi connectivity index (χ2v) is 4.74. The van der Waals surface area contributed by atoms with E-state index in [1.54, 1.807) is 38.1 Å². The first-order valence-corrected chi connectivity index (χ1v) is 6.14. The van der Waals surface area contributed by atoms with E-state index in [4.69, 9.17) is 4.42 Å². The number of aryl methyl sites for hydroxylation is 1. The SMILES string of the molecule is Cc1ccc(NC(=O)c2ccc(Br)o2)c(C)c1O. The summed E-state index contributed by atoms with van der Waals surface area (Å²) in [6, 6.07) is 6.72. The first kappa shape index (κ1) is 12.7. The Hall–Kier alpha value is -1.75. The number of anilines is 1. The van der Waals surface area contributed by atoms with Gasteiger partial charge in [0.1, 0.15) is 5.75 Å². The minimum absolute atomic E-state index is 0.188. The van der Waals surface area contributed by atoms with E-state index in [9.17, 15) is 9.90 Å². The van der Waals surface area contributed by atoms with E-state index >= 15 is 0 Å². The van der Waals surface area contributed by atoms with Gasteiger partial charge < -0.3 is 14.8 Å². The van der Waals surface area contributed by atoms with E-state index in [0.717, 1.165) is 5.56 Å². The number of benzene rings is 1. The summed E-state index contributed by atoms with van der Waals surface area (Å²) in [6.45, 7) is 3.55. The zero-order chi connectivity index (χ0) is 13.3. The number of carbonyl (C=O) groups excluding carboxylic acids is 1. The van der Waals surface area contributed by atoms with Gasteiger partial charge in [0, 0.05) is 11.3 Å². The fraction of sp³-hybridized carbons (Fsp3) is 0.154. The summed E-state index contributed by atoms with van der Waals surface area (Å²) in [5.74, 6) is 0.0434. The number of amides is 1. The number of phenols is 1. The molecule has 0 aliphatic heterocycles. The third-order valence-electron chi connectivity index (χ3n) is 2.68. The summed E-state index contributed by atoms with van der Waals surface area (Å²) < 4.78 is 5.65. The average Bonchev–Trinajstić information content (AvgIpc) is 2.77. The van der Waals surface area contributed by atoms with Crippen LogP contribution in [0.2, 0.25) is 0 Å². The highest BCUT2D eigenvalue weighted by molar-refractivity contribution is 9.10. The van der Waals surface area contributed by atoms with Gasteiger partial charge in [-0.3, -0.25) is 4.79 Å². The standard InChI is InChI=1S/C13H12BrNO3/c1-7-3-4-9(8(2)12(7)16)15-13(17)10-5-6-11(14)18-10/h3-6,16H,1-2H3,(H,15,17). The predicted molar refractivity (Wildman–Crippen MR) is 71.9 cm³/mol. The summed E-state index contributed by atoms with van der Waals surface area (Å²) in [4.78, 5) is 11.9. The minimum Gasteiger partial charge on any atom is -0.507 e. The molecule has 0 bridgehead atoms. The molecular formula is C13H12BrNO3. The van der Waals surface area contributed by atoms with Crippen LogP contribution in [-0.4, -0.2) is 11.0 Å². The van der Waals surface area contributed by atoms with Gasteiger partial charge in [-0.05, 0) is 53.5 Å². The molecule has 2 N–H and O–H groups in total. The van der Waals surface area contributed by atoms with Gasteiger partial charge in [-0.15, -0.1) is 0 Å². The molecule has 0 atom stereocenters. The van der Waals surface area contributed by atoms with E-state index in [0.29, 0.717) is 15.9 Å². The van der Waals surface area contributed by atoms with Crippen LogP contribution in [0.1, 0.15) is 21.7 Å². The Morgan fingerprint density at radius 2 is 2.00 bits per heavy atom. The topological polar surface area (TPSA) is 62.5 Å². The number of halogens is 1. The number of carbonyl (C=O) groups is 1. The number of nitrogens with one attached hydrogen (secondary N) is 1. The fourth-order valence-corrected chi connectivity index (χ4v) is 1.90. The molecule has 2 aromatic rings. The molecule has 0 saturated heterocycles. The van der Waals surface area contributed by atoms with Crippen molar-refractivity contribution in [2.24, 2.45) is 0 Å². The molecule has 0 aliphatic carbocycles. The molecule has 5 heteroatoms. The van der Waals surface area contributed by atoms with E-state index < -0.39 is 0 Å². The molecule has 1 amide bonds. The Morgan fingerprint density at radius 1 is 1.28 bits per heavy atom. The summed E-state index contributed by atoms with van der Waals surface area (Å²) in [5.41, 5.74) is 1.97. The second kappa shape index (κ2) is 4.86. The smallest absolute Gasteiger partial charge is 0.291 e. The number of hydrogen-bond acceptors (Lipinski definition) is 3. The fourth-order valence-electron chi connectivity index (χ4n) is 1.59. The molecule has 18 heavy (non-hydrogen) atoms. The number of furan rings is 1. The largest absolute Gasteiger partial charge is 0.507 e. The zero-order valence-corrected chi connectivity index (χ0v) is 11.5. The summed E-state index contributed by atoms with van der Waals surface area (Å²) >= 11 is 3.13. The van der Waals surface area contributed by atoms with E-state index in [2.05, 4.69) is 21.2 Å². The molecule has 0 unspecified atom stereocenters. The monoisotopic (exact) mass is 309 g/mol. The van der Waals surface area contributed by atoms with Crippen molar-refractivity contribution >= 4 is 27.5 Å². The Morgan fingerprint density at radius 3 is 2.61 bits per heavy atom. The molecule has 1 heterocycles. The van der Waals surface area contributed by atoms with Crippen molar-refractivity contribution in [2.75, 3.05) is 5.32 Å². The Bertz CT molecular complexity index is 604. The van der Waals surface area contributed by atoms with E-state index in [-0.39, 0.29) is 17.4 Å². The molecule has 94 valence electrons. The third-order valence-corrected chi connectivity index (χ3v) is 3.10. The molecule has 4 nitrogen and oxygen atoms in total. The van der Waals surface area contributed by atoms with Crippen molar-refractivity contribution in [1.82, 2.24) is 0 Å². The van der Waals surface area contributed by atoms with Gasteiger partial charge in [-0.2, -0.15) is 0 Å². The van der Waals surface area contributed by atoms with Crippen molar-refractivity contribution in [1.29, 1.82) is 0 Å². The maximum absolute atomic E-state index is 11.9. The van der Waals surface area contributed by atoms with Crippen molar-refractivity contribution in [3.05, 3.63) is 45.8 Å². The van der Waals surface area contributed by atoms with Crippen molar-refractivity contribution in [3.8, 4) is 5.75 Å². The van der Waals surface area contributed by atoms with Crippen LogP contribution in [0.3, 0.4) is 0 Å². The lowest BCUT2D eigenvalue weighted by atomic mass is 10.1. The Labute approximate surface area is 113 Å². The summed E-state index contributed by atoms with van der Waals surface area (Å²) in [6.07, 6.45) is 0. The number of phenolic OH excluding ortho intramolecular Hbond substituents is 1. The predicted octanol–water partition coefficient (Wildman–Crippen LogP) is 3.62. The number of hydrogen-bond donors (Lipinski definition) is 2. The molecule has 1 aromatic heterocycles. The number of aromatic hydroxyl groups is 1. The van der Waals surface area contributed by atoms with Crippen LogP contribution in [0, 0.1) is 13.8 Å². The maximum Gasteiger partial charge on any atom is 0.291 e. The van der Waals surface area contributed by atoms with Crippen LogP contribution in [0.15, 0.2) is 33.4 Å². The van der Waals surface area contributed by atoms with E-state index in [1.165, 1.54) is 0 Å². The molecule has 1 aromatic carbocycles. The van der Waals surface area contributed by atoms with Gasteiger partial charge in [-0.1, -0.05) is 6.07 Å². The summed E-state index contributed by atoms with van der Waals surface area (Å²) in [5, 5.41) is 12.5. The number of rotatable bonds is 2. The lowest BCUT2D eigenvalue weighted by Gasteiger charge is -2.10. The highest BCUT2D eigenvalue weighted by atomic mass is 79.9. The molecule has 0 aliphatic rings. The van der Waals surface area contributed by atoms with Gasteiger partial charge >= 0.3 is 0 Å². The molecular weight excluding hydrogens is 298 g/mol. The van der Waals surface area contributed by atoms with Gasteiger partial charge in [0.15, 0.2) is 10.4 Å². The van der Waals surface area contributed by atoms with Crippen molar-refractivity contribution in [3.63, 3.8) is 0 Å². The average molecular weight is 310 g/mol. The van der Waals surface area contributed by atoms with E-state index in [1.807, 2.05) is 0 Å². The van der Waals surface area contributed by atoms with Crippen LogP contribution < -0.4 is 5.32 Å². The maximum atomic E-state index is 11.9. The first-order valence-electron chi connectivity index (χ1n) is 5.35. The van der Waals surface area contributed by atoms with Crippen LogP contribution >= 0.6 is 15.9 Å². The van der Waals surface area contributed by atoms with Gasteiger partial charge in [0.25, 0.3) is 5.91 Å². The van der Waals surface area contributed by atoms with Crippen LogP contribution in [0.5, 0.6) is 5.75 Å². The van der Waals surface area contributed by atoms with Crippen molar-refractivity contribution in [2.45, 2.75) is 13.8 Å². The normalized spacial score (nSPS) is 10.4. The lowest BCUT2D eigenvalue weighted by molar-refractivity contribution is 0.0995. The molecule has 0 spiro atoms. The molecule has 0 saturated carbocycles. The summed E-state index contributed by atoms with van der Waals surface area (Å²) in [7, 11) is 0. The first-order chi connectivity index (χ1) is 8.49. The Kier molecular flexibility index (Phi) is 3.43. The quantitative estimate of drug-likeness (QED) is 0.890. The zero-order valence-electron chi connectivity index (χ0n) is 9.95. The van der Waals surface area contributed by atoms with Gasteiger partial charge in [0.05, 0.1) is 0 Å². The second-order valence-electron chi connectivity index (χ2n) is 3.96. The molecule has 0 radical (unpaired) electrons. The van der Waals surface area contributed by atoms with Gasteiger partial charge in [0.2, 0.25) is 0 Å². The van der Waals surface area contributed by atoms with Gasteiger partial charge in [-0.25, -0.2) is 0 Å². The van der Waals surface area contributed by atoms with Crippen LogP contribution in [-0.2, 0) is 0 Å². The van der Waals surface area contributed by atoms with Crippen LogP contribution in [0.25, 0.3) is 0 Å². The lowest BCUT2D eigenvalue weighted by Crippen LogP contribution is -2.11. The van der Waals surface area contributed by atoms with Crippen molar-refractivity contribution < 1.29 is 14.3 Å². The van der Waals surface area contributed by atoms with Crippen LogP contribution in [0.4, 0.5) is 5.69 Å². The third kappa shape index (κ3) is 2.41. The Balaban J connectivity index is 2.25.